The number of aliphatic hydroxyl groups excluding tert-OH is 1. The molecule has 0 aliphatic carbocycles. The number of hydrogen-bond donors (Lipinski definition) is 1. The molecule has 22 heavy (non-hydrogen) atoms. The van der Waals surface area contributed by atoms with Crippen LogP contribution in [0.1, 0.15) is 25.8 Å². The van der Waals surface area contributed by atoms with Crippen molar-refractivity contribution in [1.82, 2.24) is 4.90 Å². The second-order valence-corrected chi connectivity index (χ2v) is 5.95. The first-order valence-electron chi connectivity index (χ1n) is 7.24. The number of nitrogens with zero attached hydrogens (tertiary/aromatic N) is 1. The molecular formula is C17H21NO4. The summed E-state index contributed by atoms with van der Waals surface area (Å²) in [5.41, 5.74) is 0.239. The van der Waals surface area contributed by atoms with Crippen molar-refractivity contribution in [3.05, 3.63) is 48.6 Å². The van der Waals surface area contributed by atoms with Gasteiger partial charge in [0.25, 0.3) is 0 Å². The molecule has 1 N–H and O–H groups in total. The average Bonchev–Trinajstić information content (AvgIpc) is 2.69. The van der Waals surface area contributed by atoms with Crippen molar-refractivity contribution in [1.29, 1.82) is 0 Å². The summed E-state index contributed by atoms with van der Waals surface area (Å²) in [4.78, 5) is 25.5. The summed E-state index contributed by atoms with van der Waals surface area (Å²) in [5.74, 6) is -0.455. The second kappa shape index (κ2) is 6.32. The molecule has 0 unspecified atom stereocenters. The van der Waals surface area contributed by atoms with E-state index in [2.05, 4.69) is 6.58 Å². The van der Waals surface area contributed by atoms with Gasteiger partial charge in [-0.25, -0.2) is 9.69 Å². The van der Waals surface area contributed by atoms with Gasteiger partial charge in [0.05, 0.1) is 18.6 Å². The van der Waals surface area contributed by atoms with Crippen molar-refractivity contribution < 1.29 is 19.4 Å². The van der Waals surface area contributed by atoms with Crippen molar-refractivity contribution in [3.8, 4) is 0 Å². The van der Waals surface area contributed by atoms with Crippen LogP contribution in [-0.2, 0) is 16.0 Å². The average molecular weight is 303 g/mol. The Morgan fingerprint density at radius 2 is 2.09 bits per heavy atom. The first-order valence-corrected chi connectivity index (χ1v) is 7.24. The van der Waals surface area contributed by atoms with Gasteiger partial charge in [0.1, 0.15) is 5.60 Å². The molecule has 118 valence electrons. The van der Waals surface area contributed by atoms with Crippen molar-refractivity contribution in [2.24, 2.45) is 0 Å². The molecule has 1 aliphatic heterocycles. The fraction of sp³-hybridized carbons (Fsp3) is 0.412. The molecular weight excluding hydrogens is 282 g/mol. The summed E-state index contributed by atoms with van der Waals surface area (Å²) in [5, 5.41) is 9.56. The van der Waals surface area contributed by atoms with Crippen molar-refractivity contribution in [2.45, 2.75) is 44.4 Å². The lowest BCUT2D eigenvalue weighted by Crippen LogP contribution is -2.46. The maximum Gasteiger partial charge on any atom is 0.417 e. The lowest BCUT2D eigenvalue weighted by Gasteiger charge is -2.28. The van der Waals surface area contributed by atoms with E-state index in [1.807, 2.05) is 30.3 Å². The van der Waals surface area contributed by atoms with Gasteiger partial charge in [0, 0.05) is 0 Å². The van der Waals surface area contributed by atoms with Crippen LogP contribution in [0.3, 0.4) is 0 Å². The topological polar surface area (TPSA) is 66.8 Å². The molecule has 1 heterocycles. The molecule has 5 heteroatoms. The van der Waals surface area contributed by atoms with Crippen LogP contribution in [0.15, 0.2) is 43.0 Å². The molecule has 5 nitrogen and oxygen atoms in total. The summed E-state index contributed by atoms with van der Waals surface area (Å²) < 4.78 is 5.34. The van der Waals surface area contributed by atoms with Gasteiger partial charge >= 0.3 is 6.09 Å². The van der Waals surface area contributed by atoms with Crippen LogP contribution in [0.2, 0.25) is 0 Å². The van der Waals surface area contributed by atoms with E-state index in [0.717, 1.165) is 10.5 Å². The summed E-state index contributed by atoms with van der Waals surface area (Å²) in [6.45, 7) is 7.01. The SMILES string of the molecule is C=C[C@@H](O)CC(=O)N1C(=O)OC(C)(C)[C@@H]1Cc1ccccc1. The summed E-state index contributed by atoms with van der Waals surface area (Å²) in [6, 6.07) is 9.21. The molecule has 0 bridgehead atoms. The van der Waals surface area contributed by atoms with Gasteiger partial charge in [0.15, 0.2) is 0 Å². The monoisotopic (exact) mass is 303 g/mol. The fourth-order valence-corrected chi connectivity index (χ4v) is 2.59. The first kappa shape index (κ1) is 16.2. The van der Waals surface area contributed by atoms with Crippen molar-refractivity contribution in [3.63, 3.8) is 0 Å². The zero-order chi connectivity index (χ0) is 16.3. The largest absolute Gasteiger partial charge is 0.441 e. The molecule has 0 saturated carbocycles. The number of imide groups is 1. The zero-order valence-corrected chi connectivity index (χ0v) is 12.9. The minimum absolute atomic E-state index is 0.181. The van der Waals surface area contributed by atoms with Gasteiger partial charge in [0.2, 0.25) is 5.91 Å². The van der Waals surface area contributed by atoms with E-state index in [1.165, 1.54) is 6.08 Å². The van der Waals surface area contributed by atoms with Gasteiger partial charge in [-0.15, -0.1) is 6.58 Å². The maximum absolute atomic E-state index is 12.3. The van der Waals surface area contributed by atoms with Crippen LogP contribution >= 0.6 is 0 Å². The normalized spacial score (nSPS) is 21.3. The number of cyclic esters (lactones) is 1. The predicted molar refractivity (Wildman–Crippen MR) is 82.2 cm³/mol. The van der Waals surface area contributed by atoms with Gasteiger partial charge in [-0.1, -0.05) is 36.4 Å². The quantitative estimate of drug-likeness (QED) is 0.848. The highest BCUT2D eigenvalue weighted by atomic mass is 16.6. The summed E-state index contributed by atoms with van der Waals surface area (Å²) in [7, 11) is 0. The number of rotatable bonds is 5. The maximum atomic E-state index is 12.3. The fourth-order valence-electron chi connectivity index (χ4n) is 2.59. The minimum Gasteiger partial charge on any atom is -0.441 e. The number of carbonyl (C=O) groups is 2. The molecule has 0 aromatic heterocycles. The standard InChI is InChI=1S/C17H21NO4/c1-4-13(19)11-15(20)18-14(17(2,3)22-16(18)21)10-12-8-6-5-7-9-12/h4-9,13-14,19H,1,10-11H2,2-3H3/t13-,14+/m1/s1. The number of ether oxygens (including phenoxy) is 1. The van der Waals surface area contributed by atoms with Crippen LogP contribution in [0.5, 0.6) is 0 Å². The van der Waals surface area contributed by atoms with Crippen LogP contribution in [0.4, 0.5) is 4.79 Å². The first-order chi connectivity index (χ1) is 10.3. The third-order valence-electron chi connectivity index (χ3n) is 3.86. The Morgan fingerprint density at radius 3 is 2.68 bits per heavy atom. The van der Waals surface area contributed by atoms with Gasteiger partial charge in [-0.2, -0.15) is 0 Å². The molecule has 0 radical (unpaired) electrons. The molecule has 2 atom stereocenters. The Labute approximate surface area is 130 Å². The van der Waals surface area contributed by atoms with Crippen molar-refractivity contribution in [2.75, 3.05) is 0 Å². The molecule has 1 aromatic rings. The van der Waals surface area contributed by atoms with E-state index in [0.29, 0.717) is 6.42 Å². The molecule has 2 amide bonds. The minimum atomic E-state index is -0.971. The van der Waals surface area contributed by atoms with E-state index in [9.17, 15) is 14.7 Å². The number of benzene rings is 1. The summed E-state index contributed by atoms with van der Waals surface area (Å²) >= 11 is 0. The highest BCUT2D eigenvalue weighted by Gasteiger charge is 2.50. The van der Waals surface area contributed by atoms with E-state index in [4.69, 9.17) is 4.74 Å². The van der Waals surface area contributed by atoms with E-state index in [-0.39, 0.29) is 6.42 Å². The van der Waals surface area contributed by atoms with Crippen LogP contribution in [-0.4, -0.2) is 39.8 Å². The van der Waals surface area contributed by atoms with Gasteiger partial charge < -0.3 is 9.84 Å². The van der Waals surface area contributed by atoms with Gasteiger partial charge in [-0.05, 0) is 25.8 Å². The molecule has 1 saturated heterocycles. The Bertz CT molecular complexity index is 567. The third kappa shape index (κ3) is 3.36. The van der Waals surface area contributed by atoms with Crippen molar-refractivity contribution >= 4 is 12.0 Å². The third-order valence-corrected chi connectivity index (χ3v) is 3.86. The molecule has 1 aliphatic rings. The Hall–Kier alpha value is -2.14. The Kier molecular flexibility index (Phi) is 4.66. The lowest BCUT2D eigenvalue weighted by molar-refractivity contribution is -0.131. The Balaban J connectivity index is 2.23. The second-order valence-electron chi connectivity index (χ2n) is 5.95. The highest BCUT2D eigenvalue weighted by Crippen LogP contribution is 2.32. The Morgan fingerprint density at radius 1 is 1.45 bits per heavy atom. The molecule has 2 rings (SSSR count). The number of hydrogen-bond acceptors (Lipinski definition) is 4. The summed E-state index contributed by atoms with van der Waals surface area (Å²) in [6.07, 6.45) is -0.0276. The molecule has 1 aromatic carbocycles. The van der Waals surface area contributed by atoms with Crippen LogP contribution in [0.25, 0.3) is 0 Å². The van der Waals surface area contributed by atoms with E-state index in [1.54, 1.807) is 13.8 Å². The highest BCUT2D eigenvalue weighted by molar-refractivity contribution is 5.94. The van der Waals surface area contributed by atoms with Gasteiger partial charge in [-0.3, -0.25) is 4.79 Å². The van der Waals surface area contributed by atoms with E-state index < -0.39 is 29.7 Å². The number of carbonyl (C=O) groups excluding carboxylic acids is 2. The zero-order valence-electron chi connectivity index (χ0n) is 12.9. The van der Waals surface area contributed by atoms with Crippen LogP contribution < -0.4 is 0 Å². The lowest BCUT2D eigenvalue weighted by atomic mass is 9.92. The predicted octanol–water partition coefficient (Wildman–Crippen LogP) is 2.29. The smallest absolute Gasteiger partial charge is 0.417 e. The van der Waals surface area contributed by atoms with E-state index >= 15 is 0 Å². The number of aliphatic hydroxyl groups is 1. The number of amides is 2. The van der Waals surface area contributed by atoms with Crippen LogP contribution in [0, 0.1) is 0 Å². The molecule has 0 spiro atoms. The molecule has 1 fully saturated rings.